The van der Waals surface area contributed by atoms with Gasteiger partial charge < -0.3 is 4.98 Å². The van der Waals surface area contributed by atoms with E-state index in [1.807, 2.05) is 12.1 Å². The van der Waals surface area contributed by atoms with Crippen molar-refractivity contribution in [2.24, 2.45) is 0 Å². The molecule has 5 nitrogen and oxygen atoms in total. The number of sulfone groups is 1. The number of benzene rings is 1. The molecule has 104 valence electrons. The fourth-order valence-electron chi connectivity index (χ4n) is 1.84. The second-order valence-electron chi connectivity index (χ2n) is 4.26. The summed E-state index contributed by atoms with van der Waals surface area (Å²) in [6, 6.07) is 10.3. The minimum atomic E-state index is -3.17. The Balaban J connectivity index is 0.00000147. The number of nitrogens with one attached hydrogen (secondary N) is 1. The monoisotopic (exact) mass is 309 g/mol. The molecule has 0 aliphatic rings. The third-order valence-corrected chi connectivity index (χ3v) is 3.94. The first-order valence-corrected chi connectivity index (χ1v) is 7.54. The molecule has 0 amide bonds. The molecule has 0 aliphatic carbocycles. The Morgan fingerprint density at radius 3 is 2.40 bits per heavy atom. The van der Waals surface area contributed by atoms with E-state index < -0.39 is 9.84 Å². The summed E-state index contributed by atoms with van der Waals surface area (Å²) in [4.78, 5) is 11.9. The molecule has 7 heteroatoms. The largest absolute Gasteiger partial charge is 0.337 e. The number of fused-ring (bicyclic) bond motifs is 1. The number of aromatic nitrogens is 3. The molecule has 0 spiro atoms. The van der Waals surface area contributed by atoms with Crippen molar-refractivity contribution in [1.82, 2.24) is 15.0 Å². The van der Waals surface area contributed by atoms with E-state index in [9.17, 15) is 8.42 Å². The Hall–Kier alpha value is -1.92. The summed E-state index contributed by atoms with van der Waals surface area (Å²) in [6.45, 7) is 0. The van der Waals surface area contributed by atoms with Gasteiger partial charge in [0.1, 0.15) is 5.82 Å². The van der Waals surface area contributed by atoms with E-state index in [1.54, 1.807) is 30.5 Å². The van der Waals surface area contributed by atoms with Crippen LogP contribution in [0.15, 0.2) is 47.5 Å². The summed E-state index contributed by atoms with van der Waals surface area (Å²) < 4.78 is 22.8. The first-order chi connectivity index (χ1) is 9.04. The van der Waals surface area contributed by atoms with Crippen molar-refractivity contribution in [3.63, 3.8) is 0 Å². The Morgan fingerprint density at radius 2 is 1.80 bits per heavy atom. The van der Waals surface area contributed by atoms with Gasteiger partial charge in [-0.25, -0.2) is 18.4 Å². The minimum Gasteiger partial charge on any atom is -0.337 e. The normalized spacial score (nSPS) is 11.2. The number of aromatic amines is 1. The maximum absolute atomic E-state index is 11.4. The van der Waals surface area contributed by atoms with E-state index in [-0.39, 0.29) is 12.4 Å². The molecular weight excluding hydrogens is 298 g/mol. The van der Waals surface area contributed by atoms with Crippen LogP contribution in [0.2, 0.25) is 0 Å². The van der Waals surface area contributed by atoms with Crippen LogP contribution in [0.3, 0.4) is 0 Å². The number of imidazole rings is 1. The molecule has 2 aromatic heterocycles. The van der Waals surface area contributed by atoms with E-state index in [2.05, 4.69) is 15.0 Å². The topological polar surface area (TPSA) is 75.7 Å². The highest BCUT2D eigenvalue weighted by atomic mass is 35.5. The van der Waals surface area contributed by atoms with Crippen LogP contribution >= 0.6 is 12.4 Å². The fourth-order valence-corrected chi connectivity index (χ4v) is 2.47. The number of rotatable bonds is 2. The molecule has 0 unspecified atom stereocenters. The molecule has 0 saturated carbocycles. The predicted molar refractivity (Wildman–Crippen MR) is 79.7 cm³/mol. The van der Waals surface area contributed by atoms with E-state index in [4.69, 9.17) is 0 Å². The maximum atomic E-state index is 11.4. The summed E-state index contributed by atoms with van der Waals surface area (Å²) in [5.74, 6) is 0.675. The van der Waals surface area contributed by atoms with E-state index in [0.29, 0.717) is 16.4 Å². The summed E-state index contributed by atoms with van der Waals surface area (Å²) in [7, 11) is -3.17. The molecule has 1 aromatic carbocycles. The van der Waals surface area contributed by atoms with Gasteiger partial charge in [0.25, 0.3) is 0 Å². The van der Waals surface area contributed by atoms with Crippen molar-refractivity contribution in [1.29, 1.82) is 0 Å². The van der Waals surface area contributed by atoms with Crippen LogP contribution in [0, 0.1) is 0 Å². The molecule has 0 bridgehead atoms. The lowest BCUT2D eigenvalue weighted by Gasteiger charge is -1.99. The maximum Gasteiger partial charge on any atom is 0.178 e. The lowest BCUT2D eigenvalue weighted by atomic mass is 10.2. The van der Waals surface area contributed by atoms with Gasteiger partial charge in [-0.1, -0.05) is 0 Å². The van der Waals surface area contributed by atoms with Gasteiger partial charge >= 0.3 is 0 Å². The first-order valence-electron chi connectivity index (χ1n) is 5.65. The molecule has 3 rings (SSSR count). The van der Waals surface area contributed by atoms with Crippen LogP contribution in [0.1, 0.15) is 0 Å². The van der Waals surface area contributed by atoms with Gasteiger partial charge in [0.15, 0.2) is 15.5 Å². The number of nitrogens with zero attached hydrogens (tertiary/aromatic N) is 2. The number of pyridine rings is 1. The number of hydrogen-bond donors (Lipinski definition) is 1. The van der Waals surface area contributed by atoms with E-state index in [0.717, 1.165) is 11.1 Å². The summed E-state index contributed by atoms with van der Waals surface area (Å²) in [5, 5.41) is 0. The molecule has 20 heavy (non-hydrogen) atoms. The summed E-state index contributed by atoms with van der Waals surface area (Å²) in [5.41, 5.74) is 2.32. The fraction of sp³-hybridized carbons (Fsp3) is 0.0769. The molecule has 0 saturated heterocycles. The number of hydrogen-bond acceptors (Lipinski definition) is 4. The van der Waals surface area contributed by atoms with Gasteiger partial charge in [0.2, 0.25) is 0 Å². The van der Waals surface area contributed by atoms with Crippen LogP contribution in [0.4, 0.5) is 0 Å². The minimum absolute atomic E-state index is 0. The van der Waals surface area contributed by atoms with Crippen LogP contribution in [0.5, 0.6) is 0 Å². The van der Waals surface area contributed by atoms with Gasteiger partial charge in [-0.3, -0.25) is 0 Å². The molecular formula is C13H12ClN3O2S. The molecule has 2 heterocycles. The average molecular weight is 310 g/mol. The second-order valence-corrected chi connectivity index (χ2v) is 6.27. The van der Waals surface area contributed by atoms with Gasteiger partial charge in [-0.2, -0.15) is 0 Å². The number of halogens is 1. The zero-order chi connectivity index (χ0) is 13.5. The van der Waals surface area contributed by atoms with E-state index >= 15 is 0 Å². The Kier molecular flexibility index (Phi) is 3.78. The summed E-state index contributed by atoms with van der Waals surface area (Å²) in [6.07, 6.45) is 2.87. The van der Waals surface area contributed by atoms with Crippen LogP contribution < -0.4 is 0 Å². The first kappa shape index (κ1) is 14.5. The Morgan fingerprint density at radius 1 is 1.10 bits per heavy atom. The molecule has 0 radical (unpaired) electrons. The zero-order valence-corrected chi connectivity index (χ0v) is 12.2. The smallest absolute Gasteiger partial charge is 0.178 e. The lowest BCUT2D eigenvalue weighted by Crippen LogP contribution is -1.96. The van der Waals surface area contributed by atoms with Crippen molar-refractivity contribution in [3.05, 3.63) is 42.6 Å². The highest BCUT2D eigenvalue weighted by Crippen LogP contribution is 2.20. The Bertz CT molecular complexity index is 808. The van der Waals surface area contributed by atoms with Crippen molar-refractivity contribution in [2.45, 2.75) is 4.90 Å². The zero-order valence-electron chi connectivity index (χ0n) is 10.6. The Labute approximate surface area is 122 Å². The molecule has 1 N–H and O–H groups in total. The van der Waals surface area contributed by atoms with Crippen molar-refractivity contribution in [3.8, 4) is 11.4 Å². The van der Waals surface area contributed by atoms with Crippen LogP contribution in [-0.4, -0.2) is 29.6 Å². The van der Waals surface area contributed by atoms with Gasteiger partial charge in [-0.05, 0) is 36.4 Å². The summed E-state index contributed by atoms with van der Waals surface area (Å²) >= 11 is 0. The van der Waals surface area contributed by atoms with E-state index in [1.165, 1.54) is 6.26 Å². The quantitative estimate of drug-likeness (QED) is 0.789. The third-order valence-electron chi connectivity index (χ3n) is 2.81. The average Bonchev–Trinajstić information content (AvgIpc) is 2.81. The van der Waals surface area contributed by atoms with Gasteiger partial charge in [-0.15, -0.1) is 12.4 Å². The third kappa shape index (κ3) is 2.66. The standard InChI is InChI=1S/C13H11N3O2S.ClH/c1-19(17,18)10-6-4-9(5-7-10)12-15-11-3-2-8-14-13(11)16-12;/h2-8H,1H3,(H,14,15,16);1H. The number of H-pyrrole nitrogens is 1. The van der Waals surface area contributed by atoms with Crippen molar-refractivity contribution < 1.29 is 8.42 Å². The van der Waals surface area contributed by atoms with Gasteiger partial charge in [0, 0.05) is 18.0 Å². The molecule has 3 aromatic rings. The molecule has 0 aliphatic heterocycles. The lowest BCUT2D eigenvalue weighted by molar-refractivity contribution is 0.602. The van der Waals surface area contributed by atoms with Gasteiger partial charge in [0.05, 0.1) is 10.4 Å². The molecule has 0 fully saturated rings. The molecule has 0 atom stereocenters. The second kappa shape index (κ2) is 5.22. The predicted octanol–water partition coefficient (Wildman–Crippen LogP) is 2.45. The van der Waals surface area contributed by atoms with Crippen molar-refractivity contribution >= 4 is 33.4 Å². The SMILES string of the molecule is CS(=O)(=O)c1ccc(-c2nc3ncccc3[nH]2)cc1.Cl. The highest BCUT2D eigenvalue weighted by molar-refractivity contribution is 7.90. The van der Waals surface area contributed by atoms with Crippen LogP contribution in [-0.2, 0) is 9.84 Å². The highest BCUT2D eigenvalue weighted by Gasteiger charge is 2.09. The van der Waals surface area contributed by atoms with Crippen LogP contribution in [0.25, 0.3) is 22.6 Å². The van der Waals surface area contributed by atoms with Crippen molar-refractivity contribution in [2.75, 3.05) is 6.26 Å².